The highest BCUT2D eigenvalue weighted by Crippen LogP contribution is 2.56. The fraction of sp³-hybridized carbons (Fsp3) is 0.400. The molecule has 0 spiro atoms. The second kappa shape index (κ2) is 6.29. The van der Waals surface area contributed by atoms with E-state index in [1.54, 1.807) is 28.4 Å². The van der Waals surface area contributed by atoms with E-state index in [2.05, 4.69) is 5.32 Å². The number of fused-ring (bicyclic) bond motifs is 2. The maximum Gasteiger partial charge on any atom is 0.204 e. The average Bonchev–Trinajstić information content (AvgIpc) is 2.67. The molecule has 0 saturated carbocycles. The van der Waals surface area contributed by atoms with Gasteiger partial charge in [0.15, 0.2) is 23.0 Å². The van der Waals surface area contributed by atoms with Crippen molar-refractivity contribution in [2.45, 2.75) is 18.9 Å². The minimum atomic E-state index is 0.102. The molecule has 0 saturated heterocycles. The van der Waals surface area contributed by atoms with Gasteiger partial charge in [0.1, 0.15) is 0 Å². The quantitative estimate of drug-likeness (QED) is 0.877. The number of phenolic OH excluding ortho intramolecular Hbond substituents is 1. The van der Waals surface area contributed by atoms with Crippen molar-refractivity contribution in [1.29, 1.82) is 0 Å². The lowest BCUT2D eigenvalue weighted by Crippen LogP contribution is -2.34. The normalized spacial score (nSPS) is 17.2. The first-order chi connectivity index (χ1) is 12.6. The van der Waals surface area contributed by atoms with E-state index < -0.39 is 0 Å². The summed E-state index contributed by atoms with van der Waals surface area (Å²) < 4.78 is 22.0. The predicted octanol–water partition coefficient (Wildman–Crippen LogP) is 2.84. The van der Waals surface area contributed by atoms with Gasteiger partial charge in [0.25, 0.3) is 0 Å². The van der Waals surface area contributed by atoms with Crippen molar-refractivity contribution >= 4 is 0 Å². The highest BCUT2D eigenvalue weighted by atomic mass is 16.5. The van der Waals surface area contributed by atoms with E-state index in [1.165, 1.54) is 0 Å². The molecule has 0 fully saturated rings. The first kappa shape index (κ1) is 16.8. The Bertz CT molecular complexity index is 877. The molecule has 2 N–H and O–H groups in total. The van der Waals surface area contributed by atoms with Crippen LogP contribution in [-0.2, 0) is 12.8 Å². The molecule has 1 heterocycles. The standard InChI is InChI=1S/C20H23NO5/c1-23-14-8-10-7-13-16-11(5-6-21-13)19(25-3)20(26-4)18(22)17(16)12(10)9-15(14)24-2/h8-9,13,21-22H,5-7H2,1-4H3/t13-/m1/s1. The maximum absolute atomic E-state index is 11.0. The van der Waals surface area contributed by atoms with Gasteiger partial charge in [-0.3, -0.25) is 0 Å². The molecule has 26 heavy (non-hydrogen) atoms. The third kappa shape index (κ3) is 2.22. The summed E-state index contributed by atoms with van der Waals surface area (Å²) in [6, 6.07) is 4.04. The Kier molecular flexibility index (Phi) is 4.07. The Labute approximate surface area is 152 Å². The molecule has 0 aromatic heterocycles. The summed E-state index contributed by atoms with van der Waals surface area (Å²) in [6.45, 7) is 0.851. The molecule has 6 heteroatoms. The Hall–Kier alpha value is -2.60. The third-order valence-electron chi connectivity index (χ3n) is 5.35. The fourth-order valence-electron chi connectivity index (χ4n) is 4.26. The van der Waals surface area contributed by atoms with Gasteiger partial charge in [0.05, 0.1) is 28.4 Å². The zero-order valence-electron chi connectivity index (χ0n) is 15.4. The molecule has 4 rings (SSSR count). The molecule has 1 aliphatic carbocycles. The number of benzene rings is 2. The molecule has 138 valence electrons. The number of methoxy groups -OCH3 is 4. The first-order valence-corrected chi connectivity index (χ1v) is 8.62. The highest BCUT2D eigenvalue weighted by Gasteiger charge is 2.37. The van der Waals surface area contributed by atoms with Gasteiger partial charge < -0.3 is 29.4 Å². The topological polar surface area (TPSA) is 69.2 Å². The zero-order chi connectivity index (χ0) is 18.4. The van der Waals surface area contributed by atoms with Crippen molar-refractivity contribution in [3.63, 3.8) is 0 Å². The van der Waals surface area contributed by atoms with Gasteiger partial charge >= 0.3 is 0 Å². The molecule has 0 bridgehead atoms. The van der Waals surface area contributed by atoms with Crippen LogP contribution in [0.2, 0.25) is 0 Å². The van der Waals surface area contributed by atoms with Gasteiger partial charge in [0.2, 0.25) is 5.75 Å². The van der Waals surface area contributed by atoms with Crippen molar-refractivity contribution in [1.82, 2.24) is 5.32 Å². The molecule has 2 aliphatic rings. The zero-order valence-corrected chi connectivity index (χ0v) is 15.4. The number of hydrogen-bond donors (Lipinski definition) is 2. The Morgan fingerprint density at radius 3 is 2.31 bits per heavy atom. The predicted molar refractivity (Wildman–Crippen MR) is 97.9 cm³/mol. The third-order valence-corrected chi connectivity index (χ3v) is 5.35. The minimum absolute atomic E-state index is 0.102. The van der Waals surface area contributed by atoms with Gasteiger partial charge in [-0.2, -0.15) is 0 Å². The summed E-state index contributed by atoms with van der Waals surface area (Å²) in [6.07, 6.45) is 1.63. The van der Waals surface area contributed by atoms with Gasteiger partial charge in [-0.25, -0.2) is 0 Å². The van der Waals surface area contributed by atoms with Crippen molar-refractivity contribution < 1.29 is 24.1 Å². The van der Waals surface area contributed by atoms with Crippen LogP contribution in [0.4, 0.5) is 0 Å². The fourth-order valence-corrected chi connectivity index (χ4v) is 4.26. The number of nitrogens with one attached hydrogen (secondary N) is 1. The largest absolute Gasteiger partial charge is 0.504 e. The van der Waals surface area contributed by atoms with Crippen LogP contribution in [0.3, 0.4) is 0 Å². The van der Waals surface area contributed by atoms with Crippen LogP contribution in [0, 0.1) is 0 Å². The van der Waals surface area contributed by atoms with Crippen molar-refractivity contribution in [3.8, 4) is 39.9 Å². The Morgan fingerprint density at radius 1 is 0.962 bits per heavy atom. The van der Waals surface area contributed by atoms with Crippen LogP contribution in [0.5, 0.6) is 28.7 Å². The van der Waals surface area contributed by atoms with Crippen molar-refractivity contribution in [2.24, 2.45) is 0 Å². The molecule has 6 nitrogen and oxygen atoms in total. The lowest BCUT2D eigenvalue weighted by Gasteiger charge is -2.36. The Morgan fingerprint density at radius 2 is 1.65 bits per heavy atom. The van der Waals surface area contributed by atoms with Crippen LogP contribution < -0.4 is 24.3 Å². The molecule has 1 atom stereocenters. The molecule has 0 unspecified atom stereocenters. The lowest BCUT2D eigenvalue weighted by molar-refractivity contribution is 0.326. The number of ether oxygens (including phenoxy) is 4. The molecule has 0 amide bonds. The van der Waals surface area contributed by atoms with E-state index in [0.717, 1.165) is 47.2 Å². The summed E-state index contributed by atoms with van der Waals surface area (Å²) in [5.41, 5.74) is 5.02. The van der Waals surface area contributed by atoms with Crippen molar-refractivity contribution in [2.75, 3.05) is 35.0 Å². The van der Waals surface area contributed by atoms with Gasteiger partial charge in [-0.1, -0.05) is 0 Å². The second-order valence-electron chi connectivity index (χ2n) is 6.51. The first-order valence-electron chi connectivity index (χ1n) is 8.62. The van der Waals surface area contributed by atoms with E-state index >= 15 is 0 Å². The molecular formula is C20H23NO5. The van der Waals surface area contributed by atoms with E-state index in [-0.39, 0.29) is 11.8 Å². The van der Waals surface area contributed by atoms with Crippen LogP contribution >= 0.6 is 0 Å². The number of rotatable bonds is 4. The molecule has 2 aromatic rings. The Balaban J connectivity index is 2.07. The second-order valence-corrected chi connectivity index (χ2v) is 6.51. The SMILES string of the molecule is COc1cc2c(cc1OC)-c1c(O)c(OC)c(OC)c3c1[C@@H](C2)NCC3. The van der Waals surface area contributed by atoms with E-state index in [1.807, 2.05) is 12.1 Å². The van der Waals surface area contributed by atoms with E-state index in [9.17, 15) is 5.11 Å². The summed E-state index contributed by atoms with van der Waals surface area (Å²) >= 11 is 0. The van der Waals surface area contributed by atoms with Gasteiger partial charge in [-0.15, -0.1) is 0 Å². The van der Waals surface area contributed by atoms with Crippen LogP contribution in [0.1, 0.15) is 22.7 Å². The smallest absolute Gasteiger partial charge is 0.204 e. The van der Waals surface area contributed by atoms with Gasteiger partial charge in [-0.05, 0) is 48.2 Å². The van der Waals surface area contributed by atoms with E-state index in [4.69, 9.17) is 18.9 Å². The minimum Gasteiger partial charge on any atom is -0.504 e. The molecule has 0 radical (unpaired) electrons. The average molecular weight is 357 g/mol. The van der Waals surface area contributed by atoms with E-state index in [0.29, 0.717) is 23.0 Å². The number of hydrogen-bond acceptors (Lipinski definition) is 6. The highest BCUT2D eigenvalue weighted by molar-refractivity contribution is 5.86. The van der Waals surface area contributed by atoms with Crippen LogP contribution in [-0.4, -0.2) is 40.1 Å². The molecule has 1 aliphatic heterocycles. The summed E-state index contributed by atoms with van der Waals surface area (Å²) in [4.78, 5) is 0. The summed E-state index contributed by atoms with van der Waals surface area (Å²) in [7, 11) is 6.40. The van der Waals surface area contributed by atoms with Gasteiger partial charge in [0, 0.05) is 17.2 Å². The van der Waals surface area contributed by atoms with Crippen LogP contribution in [0.15, 0.2) is 12.1 Å². The van der Waals surface area contributed by atoms with Crippen LogP contribution in [0.25, 0.3) is 11.1 Å². The molecule has 2 aromatic carbocycles. The molecular weight excluding hydrogens is 334 g/mol. The monoisotopic (exact) mass is 357 g/mol. The number of aromatic hydroxyl groups is 1. The summed E-state index contributed by atoms with van der Waals surface area (Å²) in [5.74, 6) is 2.43. The summed E-state index contributed by atoms with van der Waals surface area (Å²) in [5, 5.41) is 14.6. The maximum atomic E-state index is 11.0. The van der Waals surface area contributed by atoms with Crippen molar-refractivity contribution in [3.05, 3.63) is 28.8 Å². The lowest BCUT2D eigenvalue weighted by atomic mass is 9.76. The number of phenols is 1.